The fourth-order valence-electron chi connectivity index (χ4n) is 1.93. The predicted octanol–water partition coefficient (Wildman–Crippen LogP) is 3.43. The number of anilines is 1. The number of halogens is 3. The minimum atomic E-state index is -4.71. The highest BCUT2D eigenvalue weighted by molar-refractivity contribution is 7.91. The van der Waals surface area contributed by atoms with Crippen LogP contribution in [0.2, 0.25) is 0 Å². The van der Waals surface area contributed by atoms with Gasteiger partial charge in [0.2, 0.25) is 9.84 Å². The first-order chi connectivity index (χ1) is 9.64. The van der Waals surface area contributed by atoms with Crippen LogP contribution in [0.5, 0.6) is 0 Å². The summed E-state index contributed by atoms with van der Waals surface area (Å²) in [7, 11) is -4.02. The summed E-state index contributed by atoms with van der Waals surface area (Å²) in [4.78, 5) is -0.457. The van der Waals surface area contributed by atoms with Crippen LogP contribution in [0.25, 0.3) is 0 Å². The summed E-state index contributed by atoms with van der Waals surface area (Å²) < 4.78 is 63.3. The monoisotopic (exact) mass is 315 g/mol. The molecule has 2 rings (SSSR count). The van der Waals surface area contributed by atoms with Crippen LogP contribution in [-0.2, 0) is 16.0 Å². The molecule has 0 saturated carbocycles. The topological polar surface area (TPSA) is 60.2 Å². The molecule has 0 bridgehead atoms. The van der Waals surface area contributed by atoms with Gasteiger partial charge >= 0.3 is 6.18 Å². The van der Waals surface area contributed by atoms with E-state index in [1.165, 1.54) is 12.1 Å². The summed E-state index contributed by atoms with van der Waals surface area (Å²) in [5.74, 6) is 0. The highest BCUT2D eigenvalue weighted by Crippen LogP contribution is 2.36. The van der Waals surface area contributed by atoms with Gasteiger partial charge in [-0.2, -0.15) is 13.2 Å². The van der Waals surface area contributed by atoms with Gasteiger partial charge in [0.05, 0.1) is 15.4 Å². The summed E-state index contributed by atoms with van der Waals surface area (Å²) in [5, 5.41) is 0. The van der Waals surface area contributed by atoms with Gasteiger partial charge in [-0.25, -0.2) is 8.42 Å². The first-order valence-corrected chi connectivity index (χ1v) is 7.40. The van der Waals surface area contributed by atoms with Crippen LogP contribution in [0.1, 0.15) is 11.1 Å². The maximum absolute atomic E-state index is 12.8. The molecule has 2 N–H and O–H groups in total. The van der Waals surface area contributed by atoms with Crippen LogP contribution < -0.4 is 5.73 Å². The molecule has 0 amide bonds. The van der Waals surface area contributed by atoms with Crippen LogP contribution in [0.4, 0.5) is 18.9 Å². The molecule has 0 heterocycles. The zero-order valence-electron chi connectivity index (χ0n) is 11.0. The van der Waals surface area contributed by atoms with Gasteiger partial charge in [0.15, 0.2) is 0 Å². The number of hydrogen-bond acceptors (Lipinski definition) is 3. The van der Waals surface area contributed by atoms with E-state index in [9.17, 15) is 21.6 Å². The Morgan fingerprint density at radius 3 is 2.24 bits per heavy atom. The van der Waals surface area contributed by atoms with Crippen molar-refractivity contribution in [1.82, 2.24) is 0 Å². The normalized spacial score (nSPS) is 12.4. The Kier molecular flexibility index (Phi) is 3.71. The van der Waals surface area contributed by atoms with Gasteiger partial charge in [-0.05, 0) is 36.8 Å². The van der Waals surface area contributed by atoms with Crippen LogP contribution in [0, 0.1) is 6.92 Å². The highest BCUT2D eigenvalue weighted by Gasteiger charge is 2.34. The van der Waals surface area contributed by atoms with Gasteiger partial charge < -0.3 is 5.73 Å². The number of alkyl halides is 3. The Hall–Kier alpha value is -2.02. The molecule has 0 atom stereocenters. The number of benzene rings is 2. The molecule has 0 aliphatic heterocycles. The third-order valence-corrected chi connectivity index (χ3v) is 4.94. The molecule has 21 heavy (non-hydrogen) atoms. The molecule has 0 radical (unpaired) electrons. The van der Waals surface area contributed by atoms with Crippen LogP contribution in [0.3, 0.4) is 0 Å². The Labute approximate surface area is 120 Å². The molecule has 0 spiro atoms. The Morgan fingerprint density at radius 2 is 1.67 bits per heavy atom. The molecule has 0 unspecified atom stereocenters. The minimum Gasteiger partial charge on any atom is -0.398 e. The summed E-state index contributed by atoms with van der Waals surface area (Å²) in [5.41, 5.74) is 4.07. The van der Waals surface area contributed by atoms with Gasteiger partial charge in [0, 0.05) is 5.69 Å². The van der Waals surface area contributed by atoms with E-state index in [1.807, 2.05) is 0 Å². The molecule has 2 aromatic carbocycles. The maximum atomic E-state index is 12.8. The fourth-order valence-corrected chi connectivity index (χ4v) is 3.46. The van der Waals surface area contributed by atoms with Gasteiger partial charge in [-0.15, -0.1) is 0 Å². The molecule has 2 aromatic rings. The molecule has 0 aliphatic carbocycles. The third kappa shape index (κ3) is 2.87. The Morgan fingerprint density at radius 1 is 1.05 bits per heavy atom. The lowest BCUT2D eigenvalue weighted by Gasteiger charge is -2.13. The van der Waals surface area contributed by atoms with E-state index in [1.54, 1.807) is 19.1 Å². The lowest BCUT2D eigenvalue weighted by atomic mass is 10.2. The second kappa shape index (κ2) is 5.07. The van der Waals surface area contributed by atoms with E-state index in [0.717, 1.165) is 12.1 Å². The number of nitrogens with two attached hydrogens (primary N) is 1. The average molecular weight is 315 g/mol. The first-order valence-electron chi connectivity index (χ1n) is 5.91. The van der Waals surface area contributed by atoms with Crippen molar-refractivity contribution in [3.05, 3.63) is 53.6 Å². The van der Waals surface area contributed by atoms with E-state index in [4.69, 9.17) is 5.73 Å². The van der Waals surface area contributed by atoms with E-state index < -0.39 is 32.2 Å². The van der Waals surface area contributed by atoms with Crippen molar-refractivity contribution in [2.75, 3.05) is 5.73 Å². The van der Waals surface area contributed by atoms with Crippen molar-refractivity contribution < 1.29 is 21.6 Å². The van der Waals surface area contributed by atoms with Gasteiger partial charge in [0.1, 0.15) is 0 Å². The van der Waals surface area contributed by atoms with E-state index in [0.29, 0.717) is 11.6 Å². The van der Waals surface area contributed by atoms with E-state index >= 15 is 0 Å². The summed E-state index contributed by atoms with van der Waals surface area (Å²) >= 11 is 0. The van der Waals surface area contributed by atoms with Crippen LogP contribution in [-0.4, -0.2) is 8.42 Å². The molecule has 0 saturated heterocycles. The smallest absolute Gasteiger partial charge is 0.398 e. The molecule has 3 nitrogen and oxygen atoms in total. The summed E-state index contributed by atoms with van der Waals surface area (Å²) in [6.07, 6.45) is -4.71. The second-order valence-electron chi connectivity index (χ2n) is 4.52. The quantitative estimate of drug-likeness (QED) is 0.864. The van der Waals surface area contributed by atoms with Crippen molar-refractivity contribution in [1.29, 1.82) is 0 Å². The molecule has 7 heteroatoms. The van der Waals surface area contributed by atoms with E-state index in [-0.39, 0.29) is 4.90 Å². The van der Waals surface area contributed by atoms with Gasteiger partial charge in [0.25, 0.3) is 0 Å². The average Bonchev–Trinajstić information content (AvgIpc) is 2.37. The number of aryl methyl sites for hydroxylation is 1. The Balaban J connectivity index is 2.65. The molecule has 112 valence electrons. The maximum Gasteiger partial charge on any atom is 0.418 e. The molecule has 0 aliphatic rings. The van der Waals surface area contributed by atoms with Crippen molar-refractivity contribution in [3.63, 3.8) is 0 Å². The minimum absolute atomic E-state index is 0.0251. The van der Waals surface area contributed by atoms with E-state index in [2.05, 4.69) is 0 Å². The first kappa shape index (κ1) is 15.4. The summed E-state index contributed by atoms with van der Waals surface area (Å²) in [6.45, 7) is 1.58. The molecule has 0 fully saturated rings. The van der Waals surface area contributed by atoms with Gasteiger partial charge in [-0.3, -0.25) is 0 Å². The lowest BCUT2D eigenvalue weighted by molar-refractivity contribution is -0.137. The number of sulfone groups is 1. The lowest BCUT2D eigenvalue weighted by Crippen LogP contribution is -2.11. The third-order valence-electron chi connectivity index (χ3n) is 3.02. The number of hydrogen-bond donors (Lipinski definition) is 1. The highest BCUT2D eigenvalue weighted by atomic mass is 32.2. The van der Waals surface area contributed by atoms with Crippen LogP contribution in [0.15, 0.2) is 52.3 Å². The van der Waals surface area contributed by atoms with Crippen molar-refractivity contribution in [2.45, 2.75) is 22.9 Å². The van der Waals surface area contributed by atoms with Crippen molar-refractivity contribution >= 4 is 15.5 Å². The predicted molar refractivity (Wildman–Crippen MR) is 72.5 cm³/mol. The largest absolute Gasteiger partial charge is 0.418 e. The SMILES string of the molecule is Cc1ccccc1S(=O)(=O)c1ccc(N)c(C(F)(F)F)c1. The van der Waals surface area contributed by atoms with Crippen molar-refractivity contribution in [3.8, 4) is 0 Å². The van der Waals surface area contributed by atoms with Crippen molar-refractivity contribution in [2.24, 2.45) is 0 Å². The van der Waals surface area contributed by atoms with Crippen LogP contribution >= 0.6 is 0 Å². The summed E-state index contributed by atoms with van der Waals surface area (Å²) in [6, 6.07) is 8.70. The Bertz CT molecular complexity index is 783. The standard InChI is InChI=1S/C14H12F3NO2S/c1-9-4-2-3-5-13(9)21(19,20)10-6-7-12(18)11(8-10)14(15,16)17/h2-8H,18H2,1H3. The fraction of sp³-hybridized carbons (Fsp3) is 0.143. The zero-order chi connectivity index (χ0) is 15.8. The molecular weight excluding hydrogens is 303 g/mol. The zero-order valence-corrected chi connectivity index (χ0v) is 11.8. The molecule has 0 aromatic heterocycles. The number of rotatable bonds is 2. The van der Waals surface area contributed by atoms with Gasteiger partial charge in [-0.1, -0.05) is 18.2 Å². The second-order valence-corrected chi connectivity index (χ2v) is 6.43. The molecular formula is C14H12F3NO2S. The number of nitrogen functional groups attached to an aromatic ring is 1.